The normalized spacial score (nSPS) is 16.7. The van der Waals surface area contributed by atoms with Gasteiger partial charge in [0.15, 0.2) is 0 Å². The van der Waals surface area contributed by atoms with Crippen molar-refractivity contribution >= 4 is 11.8 Å². The maximum atomic E-state index is 15.2. The van der Waals surface area contributed by atoms with E-state index in [4.69, 9.17) is 15.2 Å². The summed E-state index contributed by atoms with van der Waals surface area (Å²) in [6, 6.07) is 12.9. The van der Waals surface area contributed by atoms with E-state index < -0.39 is 35.9 Å². The smallest absolute Gasteiger partial charge is 0.351 e. The van der Waals surface area contributed by atoms with Crippen LogP contribution in [0.2, 0.25) is 0 Å². The molecule has 5 N–H and O–H groups in total. The van der Waals surface area contributed by atoms with Gasteiger partial charge in [-0.1, -0.05) is 56.3 Å². The van der Waals surface area contributed by atoms with Crippen molar-refractivity contribution in [1.82, 2.24) is 15.5 Å². The van der Waals surface area contributed by atoms with Crippen molar-refractivity contribution in [2.24, 2.45) is 11.7 Å². The first kappa shape index (κ1) is 31.4. The molecule has 3 rings (SSSR count). The molecule has 1 heterocycles. The summed E-state index contributed by atoms with van der Waals surface area (Å²) in [5, 5.41) is 15.3. The molecule has 40 heavy (non-hydrogen) atoms. The Morgan fingerprint density at radius 2 is 1.73 bits per heavy atom. The molecule has 0 aromatic heterocycles. The number of ether oxygens (including phenoxy) is 2. The molecule has 11 heteroatoms. The Kier molecular flexibility index (Phi) is 11.8. The number of benzene rings is 2. The molecule has 1 fully saturated rings. The fourth-order valence-electron chi connectivity index (χ4n) is 4.20. The van der Waals surface area contributed by atoms with E-state index in [0.29, 0.717) is 36.7 Å². The van der Waals surface area contributed by atoms with Gasteiger partial charge in [0.05, 0.1) is 25.3 Å². The standard InChI is InChI=1S/C29H40F2N4O5/c1-20(2)25(32)27(37)34-24(26(36)29(30,31)28(38)33-19-22-6-4-3-5-7-22)18-21-8-10-23(11-9-21)40-17-14-35-12-15-39-16-13-35/h3-11,20,24-26,36H,12-19,32H2,1-2H3,(H,33,38)(H,34,37)/t24?,25-,26?/m0/s1. The second-order valence-electron chi connectivity index (χ2n) is 10.3. The molecule has 220 valence electrons. The van der Waals surface area contributed by atoms with Crippen LogP contribution >= 0.6 is 0 Å². The summed E-state index contributed by atoms with van der Waals surface area (Å²) >= 11 is 0. The Morgan fingerprint density at radius 3 is 2.35 bits per heavy atom. The predicted molar refractivity (Wildman–Crippen MR) is 147 cm³/mol. The number of halogens is 2. The van der Waals surface area contributed by atoms with Gasteiger partial charge in [-0.25, -0.2) is 0 Å². The van der Waals surface area contributed by atoms with Gasteiger partial charge >= 0.3 is 5.92 Å². The van der Waals surface area contributed by atoms with Gasteiger partial charge in [0.25, 0.3) is 5.91 Å². The number of carbonyl (C=O) groups excluding carboxylic acids is 2. The van der Waals surface area contributed by atoms with Crippen molar-refractivity contribution < 1.29 is 33.0 Å². The number of nitrogens with one attached hydrogen (secondary N) is 2. The molecule has 2 amide bonds. The highest BCUT2D eigenvalue weighted by Crippen LogP contribution is 2.25. The Balaban J connectivity index is 1.66. The van der Waals surface area contributed by atoms with Crippen molar-refractivity contribution in [1.29, 1.82) is 0 Å². The van der Waals surface area contributed by atoms with Crippen LogP contribution in [0.5, 0.6) is 5.75 Å². The predicted octanol–water partition coefficient (Wildman–Crippen LogP) is 1.72. The van der Waals surface area contributed by atoms with Gasteiger partial charge in [0.2, 0.25) is 5.91 Å². The van der Waals surface area contributed by atoms with Crippen molar-refractivity contribution in [3.63, 3.8) is 0 Å². The van der Waals surface area contributed by atoms with Crippen LogP contribution in [-0.4, -0.2) is 85.4 Å². The van der Waals surface area contributed by atoms with Crippen LogP contribution in [0.15, 0.2) is 54.6 Å². The van der Waals surface area contributed by atoms with E-state index in [1.165, 1.54) is 0 Å². The molecule has 2 unspecified atom stereocenters. The highest BCUT2D eigenvalue weighted by Gasteiger charge is 2.50. The molecule has 1 aliphatic heterocycles. The third kappa shape index (κ3) is 9.22. The number of morpholine rings is 1. The van der Waals surface area contributed by atoms with E-state index in [9.17, 15) is 14.7 Å². The van der Waals surface area contributed by atoms with E-state index in [0.717, 1.165) is 19.6 Å². The fourth-order valence-corrected chi connectivity index (χ4v) is 4.20. The molecule has 2 aromatic carbocycles. The number of nitrogens with zero attached hydrogens (tertiary/aromatic N) is 1. The number of hydrogen-bond donors (Lipinski definition) is 4. The first-order chi connectivity index (χ1) is 19.1. The highest BCUT2D eigenvalue weighted by molar-refractivity contribution is 5.85. The minimum absolute atomic E-state index is 0.135. The average Bonchev–Trinajstić information content (AvgIpc) is 2.96. The van der Waals surface area contributed by atoms with Crippen molar-refractivity contribution in [3.8, 4) is 5.75 Å². The topological polar surface area (TPSA) is 126 Å². The van der Waals surface area contributed by atoms with E-state index in [1.807, 2.05) is 0 Å². The third-order valence-electron chi connectivity index (χ3n) is 6.86. The first-order valence-corrected chi connectivity index (χ1v) is 13.5. The van der Waals surface area contributed by atoms with Crippen LogP contribution in [0.1, 0.15) is 25.0 Å². The fraction of sp³-hybridized carbons (Fsp3) is 0.517. The lowest BCUT2D eigenvalue weighted by Crippen LogP contribution is -2.60. The van der Waals surface area contributed by atoms with Crippen LogP contribution < -0.4 is 21.1 Å². The molecule has 1 aliphatic rings. The lowest BCUT2D eigenvalue weighted by Gasteiger charge is -2.31. The average molecular weight is 563 g/mol. The van der Waals surface area contributed by atoms with Gasteiger partial charge in [0, 0.05) is 26.2 Å². The Morgan fingerprint density at radius 1 is 1.07 bits per heavy atom. The monoisotopic (exact) mass is 562 g/mol. The minimum atomic E-state index is -4.18. The van der Waals surface area contributed by atoms with Crippen LogP contribution in [0.25, 0.3) is 0 Å². The number of rotatable bonds is 14. The molecule has 0 saturated carbocycles. The number of aliphatic hydroxyl groups is 1. The Bertz CT molecular complexity index is 1070. The van der Waals surface area contributed by atoms with Crippen LogP contribution in [-0.2, 0) is 27.3 Å². The van der Waals surface area contributed by atoms with Gasteiger partial charge in [-0.2, -0.15) is 8.78 Å². The van der Waals surface area contributed by atoms with Crippen LogP contribution in [0.3, 0.4) is 0 Å². The third-order valence-corrected chi connectivity index (χ3v) is 6.86. The van der Waals surface area contributed by atoms with E-state index >= 15 is 8.78 Å². The van der Waals surface area contributed by atoms with Gasteiger partial charge in [0.1, 0.15) is 18.5 Å². The summed E-state index contributed by atoms with van der Waals surface area (Å²) in [7, 11) is 0. The number of hydrogen-bond acceptors (Lipinski definition) is 7. The molecule has 3 atom stereocenters. The minimum Gasteiger partial charge on any atom is -0.492 e. The summed E-state index contributed by atoms with van der Waals surface area (Å²) < 4.78 is 41.4. The van der Waals surface area contributed by atoms with Gasteiger partial charge in [-0.05, 0) is 35.6 Å². The number of nitrogens with two attached hydrogens (primary N) is 1. The SMILES string of the molecule is CC(C)[C@H](N)C(=O)NC(Cc1ccc(OCCN2CCOCC2)cc1)C(O)C(F)(F)C(=O)NCc1ccccc1. The van der Waals surface area contributed by atoms with E-state index in [1.54, 1.807) is 68.4 Å². The van der Waals surface area contributed by atoms with Crippen molar-refractivity contribution in [2.75, 3.05) is 39.5 Å². The number of amides is 2. The molecule has 1 saturated heterocycles. The van der Waals surface area contributed by atoms with Gasteiger partial charge < -0.3 is 30.9 Å². The maximum Gasteiger partial charge on any atom is 0.351 e. The number of carbonyl (C=O) groups is 2. The zero-order chi connectivity index (χ0) is 29.1. The zero-order valence-electron chi connectivity index (χ0n) is 23.0. The Labute approximate surface area is 234 Å². The van der Waals surface area contributed by atoms with Crippen molar-refractivity contribution in [2.45, 2.75) is 50.9 Å². The lowest BCUT2D eigenvalue weighted by molar-refractivity contribution is -0.168. The molecular weight excluding hydrogens is 522 g/mol. The second-order valence-corrected chi connectivity index (χ2v) is 10.3. The molecule has 0 aliphatic carbocycles. The van der Waals surface area contributed by atoms with Crippen LogP contribution in [0.4, 0.5) is 8.78 Å². The Hall–Kier alpha value is -3.12. The van der Waals surface area contributed by atoms with Crippen molar-refractivity contribution in [3.05, 3.63) is 65.7 Å². The second kappa shape index (κ2) is 15.0. The highest BCUT2D eigenvalue weighted by atomic mass is 19.3. The van der Waals surface area contributed by atoms with Gasteiger partial charge in [-0.3, -0.25) is 14.5 Å². The molecule has 0 radical (unpaired) electrons. The summed E-state index contributed by atoms with van der Waals surface area (Å²) in [6.07, 6.45) is -2.66. The maximum absolute atomic E-state index is 15.2. The quantitative estimate of drug-likeness (QED) is 0.276. The van der Waals surface area contributed by atoms with E-state index in [2.05, 4.69) is 15.5 Å². The molecule has 2 aromatic rings. The largest absolute Gasteiger partial charge is 0.492 e. The number of aliphatic hydroxyl groups excluding tert-OH is 1. The van der Waals surface area contributed by atoms with E-state index in [-0.39, 0.29) is 18.9 Å². The van der Waals surface area contributed by atoms with Gasteiger partial charge in [-0.15, -0.1) is 0 Å². The van der Waals surface area contributed by atoms with Crippen LogP contribution in [0, 0.1) is 5.92 Å². The molecule has 0 bridgehead atoms. The lowest BCUT2D eigenvalue weighted by atomic mass is 9.95. The summed E-state index contributed by atoms with van der Waals surface area (Å²) in [5.41, 5.74) is 7.10. The molecular formula is C29H40F2N4O5. The summed E-state index contributed by atoms with van der Waals surface area (Å²) in [4.78, 5) is 27.4. The summed E-state index contributed by atoms with van der Waals surface area (Å²) in [5.74, 6) is -6.17. The zero-order valence-corrected chi connectivity index (χ0v) is 23.0. The molecule has 9 nitrogen and oxygen atoms in total. The number of alkyl halides is 2. The summed E-state index contributed by atoms with van der Waals surface area (Å²) in [6.45, 7) is 7.65. The molecule has 0 spiro atoms. The first-order valence-electron chi connectivity index (χ1n) is 13.5.